The molecule has 244 valence electrons. The van der Waals surface area contributed by atoms with Crippen molar-refractivity contribution < 1.29 is 4.42 Å². The van der Waals surface area contributed by atoms with Crippen LogP contribution in [0.15, 0.2) is 174 Å². The Kier molecular flexibility index (Phi) is 6.08. The molecule has 1 heterocycles. The summed E-state index contributed by atoms with van der Waals surface area (Å²) in [5.41, 5.74) is 14.7. The number of rotatable bonds is 3. The summed E-state index contributed by atoms with van der Waals surface area (Å²) < 4.78 is 6.44. The van der Waals surface area contributed by atoms with E-state index in [1.165, 1.54) is 82.6 Å². The molecule has 1 aromatic heterocycles. The quantitative estimate of drug-likeness (QED) is 0.172. The molecule has 1 aliphatic carbocycles. The highest BCUT2D eigenvalue weighted by atomic mass is 16.3. The zero-order valence-electron chi connectivity index (χ0n) is 29.1. The third-order valence-corrected chi connectivity index (χ3v) is 11.7. The van der Waals surface area contributed by atoms with Crippen LogP contribution in [0.5, 0.6) is 0 Å². The van der Waals surface area contributed by atoms with E-state index in [0.29, 0.717) is 0 Å². The third-order valence-electron chi connectivity index (χ3n) is 11.7. The molecule has 1 heteroatoms. The van der Waals surface area contributed by atoms with Gasteiger partial charge >= 0.3 is 0 Å². The van der Waals surface area contributed by atoms with E-state index in [1.54, 1.807) is 0 Å². The van der Waals surface area contributed by atoms with Crippen LogP contribution in [0.1, 0.15) is 25.0 Å². The molecule has 0 saturated heterocycles. The molecule has 9 aromatic carbocycles. The Bertz CT molecular complexity index is 3030. The fourth-order valence-electron chi connectivity index (χ4n) is 9.21. The lowest BCUT2D eigenvalue weighted by molar-refractivity contribution is 0.661. The van der Waals surface area contributed by atoms with Gasteiger partial charge in [-0.3, -0.25) is 0 Å². The van der Waals surface area contributed by atoms with Crippen molar-refractivity contribution in [3.63, 3.8) is 0 Å². The van der Waals surface area contributed by atoms with Gasteiger partial charge in [0.25, 0.3) is 0 Å². The molecule has 0 atom stereocenters. The molecule has 0 fully saturated rings. The Labute approximate surface area is 302 Å². The van der Waals surface area contributed by atoms with Crippen molar-refractivity contribution >= 4 is 54.3 Å². The van der Waals surface area contributed by atoms with E-state index in [-0.39, 0.29) is 5.41 Å². The van der Waals surface area contributed by atoms with Gasteiger partial charge in [0.1, 0.15) is 11.2 Å². The molecule has 52 heavy (non-hydrogen) atoms. The van der Waals surface area contributed by atoms with Crippen LogP contribution in [0.3, 0.4) is 0 Å². The fourth-order valence-corrected chi connectivity index (χ4v) is 9.21. The van der Waals surface area contributed by atoms with E-state index >= 15 is 0 Å². The highest BCUT2D eigenvalue weighted by Crippen LogP contribution is 2.52. The number of hydrogen-bond acceptors (Lipinski definition) is 1. The molecule has 0 spiro atoms. The first-order valence-corrected chi connectivity index (χ1v) is 18.2. The second-order valence-electron chi connectivity index (χ2n) is 14.8. The van der Waals surface area contributed by atoms with Crippen LogP contribution in [-0.2, 0) is 5.41 Å². The first-order valence-electron chi connectivity index (χ1n) is 18.2. The van der Waals surface area contributed by atoms with Crippen molar-refractivity contribution in [2.24, 2.45) is 0 Å². The maximum absolute atomic E-state index is 6.44. The van der Waals surface area contributed by atoms with E-state index < -0.39 is 0 Å². The molecule has 0 saturated carbocycles. The number of para-hydroxylation sites is 1. The Morgan fingerprint density at radius 3 is 1.52 bits per heavy atom. The molecule has 10 aromatic rings. The first-order chi connectivity index (χ1) is 25.6. The highest BCUT2D eigenvalue weighted by Gasteiger charge is 2.36. The lowest BCUT2D eigenvalue weighted by Crippen LogP contribution is -2.15. The Balaban J connectivity index is 1.07. The summed E-state index contributed by atoms with van der Waals surface area (Å²) in [6.07, 6.45) is 0. The summed E-state index contributed by atoms with van der Waals surface area (Å²) in [7, 11) is 0. The molecule has 0 radical (unpaired) electrons. The monoisotopic (exact) mass is 662 g/mol. The van der Waals surface area contributed by atoms with Gasteiger partial charge in [-0.25, -0.2) is 0 Å². The van der Waals surface area contributed by atoms with Gasteiger partial charge in [0, 0.05) is 21.6 Å². The normalized spacial score (nSPS) is 13.3. The average Bonchev–Trinajstić information content (AvgIpc) is 3.69. The van der Waals surface area contributed by atoms with Crippen LogP contribution in [-0.4, -0.2) is 0 Å². The lowest BCUT2D eigenvalue weighted by atomic mass is 9.80. The van der Waals surface area contributed by atoms with E-state index in [1.807, 2.05) is 6.07 Å². The topological polar surface area (TPSA) is 13.1 Å². The van der Waals surface area contributed by atoms with Gasteiger partial charge in [-0.1, -0.05) is 159 Å². The Hall–Kier alpha value is -6.44. The number of benzene rings is 9. The molecule has 0 aliphatic heterocycles. The van der Waals surface area contributed by atoms with Gasteiger partial charge in [-0.15, -0.1) is 0 Å². The summed E-state index contributed by atoms with van der Waals surface area (Å²) in [6.45, 7) is 4.78. The minimum absolute atomic E-state index is 0.178. The molecule has 0 unspecified atom stereocenters. The minimum Gasteiger partial charge on any atom is -0.455 e. The second-order valence-corrected chi connectivity index (χ2v) is 14.8. The zero-order valence-corrected chi connectivity index (χ0v) is 29.1. The van der Waals surface area contributed by atoms with Crippen LogP contribution in [0.4, 0.5) is 0 Å². The van der Waals surface area contributed by atoms with E-state index in [0.717, 1.165) is 27.3 Å². The molecule has 0 bridgehead atoms. The SMILES string of the molecule is CC1(C)c2cc(-c3c4ccccc4c(-c4ccccc4)c4ccccc34)ccc2-c2ccc(-c3cccc4c3ccc3c5ccccc5oc43)cc21. The highest BCUT2D eigenvalue weighted by molar-refractivity contribution is 6.22. The van der Waals surface area contributed by atoms with Crippen LogP contribution in [0.2, 0.25) is 0 Å². The van der Waals surface area contributed by atoms with Gasteiger partial charge in [0.05, 0.1) is 0 Å². The standard InChI is InChI=1S/C51H34O/c1-51(2)45-29-32(34-20-12-21-43-35(34)27-28-44-38-15-10-11-22-47(38)52-50(43)44)23-25-36(45)37-26-24-33(30-46(37)51)49-41-18-8-6-16-39(41)48(31-13-4-3-5-14-31)40-17-7-9-19-42(40)49/h3-30H,1-2H3. The predicted molar refractivity (Wildman–Crippen MR) is 220 cm³/mol. The summed E-state index contributed by atoms with van der Waals surface area (Å²) in [6, 6.07) is 62.4. The third kappa shape index (κ3) is 4.05. The summed E-state index contributed by atoms with van der Waals surface area (Å²) in [5.74, 6) is 0. The van der Waals surface area contributed by atoms with E-state index in [4.69, 9.17) is 4.42 Å². The molecule has 0 N–H and O–H groups in total. The van der Waals surface area contributed by atoms with Crippen molar-refractivity contribution in [2.75, 3.05) is 0 Å². The Morgan fingerprint density at radius 2 is 0.846 bits per heavy atom. The zero-order chi connectivity index (χ0) is 34.6. The molecule has 1 aliphatic rings. The molecular weight excluding hydrogens is 629 g/mol. The lowest BCUT2D eigenvalue weighted by Gasteiger charge is -2.23. The van der Waals surface area contributed by atoms with Gasteiger partial charge in [0.15, 0.2) is 0 Å². The van der Waals surface area contributed by atoms with Crippen LogP contribution in [0.25, 0.3) is 98.8 Å². The van der Waals surface area contributed by atoms with Gasteiger partial charge in [-0.2, -0.15) is 0 Å². The van der Waals surface area contributed by atoms with Crippen molar-refractivity contribution in [2.45, 2.75) is 19.3 Å². The van der Waals surface area contributed by atoms with E-state index in [2.05, 4.69) is 178 Å². The van der Waals surface area contributed by atoms with Crippen molar-refractivity contribution in [1.29, 1.82) is 0 Å². The maximum atomic E-state index is 6.44. The fraction of sp³-hybridized carbons (Fsp3) is 0.0588. The molecule has 0 amide bonds. The molecular formula is C51H34O. The summed E-state index contributed by atoms with van der Waals surface area (Å²) in [4.78, 5) is 0. The number of hydrogen-bond donors (Lipinski definition) is 0. The van der Waals surface area contributed by atoms with Crippen LogP contribution < -0.4 is 0 Å². The van der Waals surface area contributed by atoms with Crippen molar-refractivity contribution in [1.82, 2.24) is 0 Å². The molecule has 11 rings (SSSR count). The van der Waals surface area contributed by atoms with Crippen LogP contribution in [0, 0.1) is 0 Å². The van der Waals surface area contributed by atoms with Crippen molar-refractivity contribution in [3.8, 4) is 44.5 Å². The summed E-state index contributed by atoms with van der Waals surface area (Å²) in [5, 5.41) is 9.82. The molecule has 1 nitrogen and oxygen atoms in total. The summed E-state index contributed by atoms with van der Waals surface area (Å²) >= 11 is 0. The predicted octanol–water partition coefficient (Wildman–Crippen LogP) is 14.4. The van der Waals surface area contributed by atoms with Gasteiger partial charge < -0.3 is 4.42 Å². The van der Waals surface area contributed by atoms with E-state index in [9.17, 15) is 0 Å². The van der Waals surface area contributed by atoms with Crippen LogP contribution >= 0.6 is 0 Å². The van der Waals surface area contributed by atoms with Gasteiger partial charge in [0.2, 0.25) is 0 Å². The minimum atomic E-state index is -0.178. The number of fused-ring (bicyclic) bond motifs is 10. The second kappa shape index (κ2) is 10.8. The average molecular weight is 663 g/mol. The smallest absolute Gasteiger partial charge is 0.143 e. The first kappa shape index (κ1) is 29.3. The Morgan fingerprint density at radius 1 is 0.346 bits per heavy atom. The van der Waals surface area contributed by atoms with Gasteiger partial charge in [-0.05, 0) is 107 Å². The largest absolute Gasteiger partial charge is 0.455 e. The number of furan rings is 1. The maximum Gasteiger partial charge on any atom is 0.143 e. The van der Waals surface area contributed by atoms with Crippen molar-refractivity contribution in [3.05, 3.63) is 181 Å².